The van der Waals surface area contributed by atoms with Gasteiger partial charge in [0.2, 0.25) is 0 Å². The molecule has 0 aliphatic rings. The number of hydrogen-bond donors (Lipinski definition) is 1. The molecule has 0 atom stereocenters. The van der Waals surface area contributed by atoms with Gasteiger partial charge in [0.1, 0.15) is 6.54 Å². The first-order chi connectivity index (χ1) is 10.3. The maximum absolute atomic E-state index is 12.7. The van der Waals surface area contributed by atoms with Crippen LogP contribution in [0.2, 0.25) is 5.02 Å². The summed E-state index contributed by atoms with van der Waals surface area (Å²) in [5.74, 6) is -1.25. The van der Waals surface area contributed by atoms with Gasteiger partial charge in [-0.3, -0.25) is 9.10 Å². The van der Waals surface area contributed by atoms with Crippen molar-refractivity contribution in [3.8, 4) is 0 Å². The number of rotatable bonds is 5. The molecule has 22 heavy (non-hydrogen) atoms. The molecule has 0 fully saturated rings. The van der Waals surface area contributed by atoms with Crippen molar-refractivity contribution in [1.82, 2.24) is 0 Å². The van der Waals surface area contributed by atoms with Gasteiger partial charge in [0, 0.05) is 9.50 Å². The third-order valence-electron chi connectivity index (χ3n) is 2.80. The minimum atomic E-state index is -3.99. The van der Waals surface area contributed by atoms with Crippen LogP contribution in [0, 0.1) is 0 Å². The van der Waals surface area contributed by atoms with E-state index < -0.39 is 22.5 Å². The van der Waals surface area contributed by atoms with E-state index >= 15 is 0 Å². The molecule has 0 aromatic heterocycles. The number of aliphatic carboxylic acids is 1. The number of carboxylic acid groups (broad SMARTS) is 1. The van der Waals surface area contributed by atoms with E-state index in [2.05, 4.69) is 15.9 Å². The average Bonchev–Trinajstić information content (AvgIpc) is 2.46. The molecule has 116 valence electrons. The fraction of sp³-hybridized carbons (Fsp3) is 0.0714. The largest absolute Gasteiger partial charge is 0.480 e. The van der Waals surface area contributed by atoms with Crippen molar-refractivity contribution in [3.05, 3.63) is 58.0 Å². The topological polar surface area (TPSA) is 74.7 Å². The van der Waals surface area contributed by atoms with Gasteiger partial charge in [-0.2, -0.15) is 0 Å². The van der Waals surface area contributed by atoms with Crippen LogP contribution < -0.4 is 4.31 Å². The predicted molar refractivity (Wildman–Crippen MR) is 87.8 cm³/mol. The van der Waals surface area contributed by atoms with Gasteiger partial charge in [-0.05, 0) is 48.5 Å². The Kier molecular flexibility index (Phi) is 5.10. The molecule has 0 heterocycles. The molecule has 2 aromatic carbocycles. The van der Waals surface area contributed by atoms with Gasteiger partial charge in [0.05, 0.1) is 10.6 Å². The highest BCUT2D eigenvalue weighted by atomic mass is 79.9. The van der Waals surface area contributed by atoms with Gasteiger partial charge >= 0.3 is 5.97 Å². The molecule has 2 rings (SSSR count). The van der Waals surface area contributed by atoms with E-state index in [0.29, 0.717) is 5.02 Å². The fourth-order valence-corrected chi connectivity index (χ4v) is 3.58. The highest BCUT2D eigenvalue weighted by Crippen LogP contribution is 2.25. The number of sulfonamides is 1. The zero-order chi connectivity index (χ0) is 16.3. The van der Waals surface area contributed by atoms with E-state index in [0.717, 1.165) is 8.78 Å². The van der Waals surface area contributed by atoms with Crippen LogP contribution in [-0.4, -0.2) is 26.0 Å². The predicted octanol–water partition coefficient (Wildman–Crippen LogP) is 3.38. The molecule has 0 saturated heterocycles. The monoisotopic (exact) mass is 403 g/mol. The maximum atomic E-state index is 12.7. The first-order valence-corrected chi connectivity index (χ1v) is 8.67. The van der Waals surface area contributed by atoms with Crippen LogP contribution in [0.1, 0.15) is 0 Å². The summed E-state index contributed by atoms with van der Waals surface area (Å²) in [6.45, 7) is -0.681. The van der Waals surface area contributed by atoms with Crippen LogP contribution >= 0.6 is 27.5 Å². The third kappa shape index (κ3) is 3.79. The van der Waals surface area contributed by atoms with Gasteiger partial charge in [-0.1, -0.05) is 27.5 Å². The summed E-state index contributed by atoms with van der Waals surface area (Å²) in [4.78, 5) is 11.0. The van der Waals surface area contributed by atoms with Gasteiger partial charge in [0.25, 0.3) is 10.0 Å². The van der Waals surface area contributed by atoms with Gasteiger partial charge in [0.15, 0.2) is 0 Å². The van der Waals surface area contributed by atoms with E-state index in [4.69, 9.17) is 16.7 Å². The molecule has 0 amide bonds. The molecule has 5 nitrogen and oxygen atoms in total. The summed E-state index contributed by atoms with van der Waals surface area (Å²) in [5, 5.41) is 9.45. The third-order valence-corrected chi connectivity index (χ3v) is 5.36. The molecule has 1 N–H and O–H groups in total. The molecule has 2 aromatic rings. The average molecular weight is 405 g/mol. The van der Waals surface area contributed by atoms with Crippen LogP contribution in [-0.2, 0) is 14.8 Å². The second kappa shape index (κ2) is 6.68. The lowest BCUT2D eigenvalue weighted by molar-refractivity contribution is -0.135. The number of carbonyl (C=O) groups is 1. The summed E-state index contributed by atoms with van der Waals surface area (Å²) in [5.41, 5.74) is 0.231. The Balaban J connectivity index is 2.50. The Labute approximate surface area is 141 Å². The van der Waals surface area contributed by atoms with Crippen molar-refractivity contribution in [3.63, 3.8) is 0 Å². The van der Waals surface area contributed by atoms with Gasteiger partial charge in [-0.15, -0.1) is 0 Å². The van der Waals surface area contributed by atoms with Crippen molar-refractivity contribution >= 4 is 49.2 Å². The van der Waals surface area contributed by atoms with E-state index in [1.54, 1.807) is 12.1 Å². The lowest BCUT2D eigenvalue weighted by atomic mass is 10.3. The molecular formula is C14H11BrClNO4S. The van der Waals surface area contributed by atoms with E-state index in [9.17, 15) is 13.2 Å². The standard InChI is InChI=1S/C14H11BrClNO4S/c15-10-1-7-13(8-2-10)22(20,21)17(9-14(18)19)12-5-3-11(16)4-6-12/h1-8H,9H2,(H,18,19). The zero-order valence-corrected chi connectivity index (χ0v) is 14.3. The first-order valence-electron chi connectivity index (χ1n) is 6.06. The summed E-state index contributed by atoms with van der Waals surface area (Å²) in [6, 6.07) is 11.9. The maximum Gasteiger partial charge on any atom is 0.324 e. The number of benzene rings is 2. The van der Waals surface area contributed by atoms with E-state index in [-0.39, 0.29) is 10.6 Å². The van der Waals surface area contributed by atoms with Crippen molar-refractivity contribution in [2.45, 2.75) is 4.90 Å². The second-order valence-corrected chi connectivity index (χ2v) is 7.55. The van der Waals surface area contributed by atoms with E-state index in [1.807, 2.05) is 0 Å². The Morgan fingerprint density at radius 2 is 1.64 bits per heavy atom. The smallest absolute Gasteiger partial charge is 0.324 e. The number of carboxylic acids is 1. The molecule has 0 saturated carbocycles. The van der Waals surface area contributed by atoms with Crippen molar-refractivity contribution in [1.29, 1.82) is 0 Å². The molecule has 0 spiro atoms. The highest BCUT2D eigenvalue weighted by molar-refractivity contribution is 9.10. The van der Waals surface area contributed by atoms with Gasteiger partial charge in [-0.25, -0.2) is 8.42 Å². The Morgan fingerprint density at radius 1 is 1.09 bits per heavy atom. The van der Waals surface area contributed by atoms with Crippen LogP contribution in [0.4, 0.5) is 5.69 Å². The minimum absolute atomic E-state index is 0.00639. The SMILES string of the molecule is O=C(O)CN(c1ccc(Cl)cc1)S(=O)(=O)c1ccc(Br)cc1. The Morgan fingerprint density at radius 3 is 2.14 bits per heavy atom. The summed E-state index contributed by atoms with van der Waals surface area (Å²) < 4.78 is 26.9. The van der Waals surface area contributed by atoms with Crippen LogP contribution in [0.15, 0.2) is 57.9 Å². The van der Waals surface area contributed by atoms with Crippen molar-refractivity contribution < 1.29 is 18.3 Å². The number of hydrogen-bond acceptors (Lipinski definition) is 3. The van der Waals surface area contributed by atoms with Crippen molar-refractivity contribution in [2.24, 2.45) is 0 Å². The first kappa shape index (κ1) is 16.8. The molecule has 0 unspecified atom stereocenters. The summed E-state index contributed by atoms with van der Waals surface area (Å²) in [6.07, 6.45) is 0. The number of halogens is 2. The molecule has 0 aliphatic carbocycles. The summed E-state index contributed by atoms with van der Waals surface area (Å²) in [7, 11) is -3.99. The molecule has 0 radical (unpaired) electrons. The molecule has 0 bridgehead atoms. The lowest BCUT2D eigenvalue weighted by Crippen LogP contribution is -2.35. The fourth-order valence-electron chi connectivity index (χ4n) is 1.78. The Bertz CT molecular complexity index is 775. The normalized spacial score (nSPS) is 11.2. The van der Waals surface area contributed by atoms with Crippen LogP contribution in [0.25, 0.3) is 0 Å². The quantitative estimate of drug-likeness (QED) is 0.829. The molecule has 0 aliphatic heterocycles. The minimum Gasteiger partial charge on any atom is -0.480 e. The highest BCUT2D eigenvalue weighted by Gasteiger charge is 2.26. The second-order valence-electron chi connectivity index (χ2n) is 4.34. The van der Waals surface area contributed by atoms with Crippen LogP contribution in [0.5, 0.6) is 0 Å². The van der Waals surface area contributed by atoms with E-state index in [1.165, 1.54) is 36.4 Å². The molecular weight excluding hydrogens is 394 g/mol. The van der Waals surface area contributed by atoms with Gasteiger partial charge < -0.3 is 5.11 Å². The number of nitrogens with zero attached hydrogens (tertiary/aromatic N) is 1. The zero-order valence-electron chi connectivity index (χ0n) is 11.1. The number of anilines is 1. The summed E-state index contributed by atoms with van der Waals surface area (Å²) >= 11 is 9.01. The Hall–Kier alpha value is -1.57. The molecule has 8 heteroatoms. The van der Waals surface area contributed by atoms with Crippen molar-refractivity contribution in [2.75, 3.05) is 10.8 Å². The van der Waals surface area contributed by atoms with Crippen LogP contribution in [0.3, 0.4) is 0 Å². The lowest BCUT2D eigenvalue weighted by Gasteiger charge is -2.22.